The van der Waals surface area contributed by atoms with Crippen LogP contribution < -0.4 is 5.32 Å². The Kier molecular flexibility index (Phi) is 4.70. The van der Waals surface area contributed by atoms with Gasteiger partial charge in [0.15, 0.2) is 0 Å². The Morgan fingerprint density at radius 3 is 2.92 bits per heavy atom. The summed E-state index contributed by atoms with van der Waals surface area (Å²) in [4.78, 5) is 2.39. The SMILES string of the molecule is COC(C)CNCC1CCN(C)C1. The molecule has 1 saturated heterocycles. The van der Waals surface area contributed by atoms with Crippen molar-refractivity contribution >= 4 is 0 Å². The molecule has 13 heavy (non-hydrogen) atoms. The first-order valence-corrected chi connectivity index (χ1v) is 5.14. The van der Waals surface area contributed by atoms with E-state index >= 15 is 0 Å². The van der Waals surface area contributed by atoms with Gasteiger partial charge in [-0.3, -0.25) is 0 Å². The molecule has 2 unspecified atom stereocenters. The average molecular weight is 186 g/mol. The summed E-state index contributed by atoms with van der Waals surface area (Å²) in [6, 6.07) is 0. The highest BCUT2D eigenvalue weighted by Crippen LogP contribution is 2.12. The molecule has 0 aromatic rings. The number of ether oxygens (including phenoxy) is 1. The lowest BCUT2D eigenvalue weighted by molar-refractivity contribution is 0.116. The molecule has 0 aliphatic carbocycles. The Morgan fingerprint density at radius 2 is 2.38 bits per heavy atom. The van der Waals surface area contributed by atoms with Crippen molar-refractivity contribution in [2.45, 2.75) is 19.4 Å². The van der Waals surface area contributed by atoms with E-state index in [1.807, 2.05) is 0 Å². The third kappa shape index (κ3) is 4.07. The highest BCUT2D eigenvalue weighted by Gasteiger charge is 2.18. The number of nitrogens with one attached hydrogen (secondary N) is 1. The minimum absolute atomic E-state index is 0.333. The fourth-order valence-corrected chi connectivity index (χ4v) is 1.77. The van der Waals surface area contributed by atoms with E-state index in [1.165, 1.54) is 19.5 Å². The predicted molar refractivity (Wildman–Crippen MR) is 54.9 cm³/mol. The van der Waals surface area contributed by atoms with E-state index in [0.29, 0.717) is 6.10 Å². The first kappa shape index (κ1) is 11.0. The Balaban J connectivity index is 2.00. The lowest BCUT2D eigenvalue weighted by Crippen LogP contribution is -2.31. The van der Waals surface area contributed by atoms with Crippen molar-refractivity contribution in [3.05, 3.63) is 0 Å². The third-order valence-electron chi connectivity index (χ3n) is 2.76. The summed E-state index contributed by atoms with van der Waals surface area (Å²) in [5.74, 6) is 0.842. The maximum atomic E-state index is 5.16. The van der Waals surface area contributed by atoms with Gasteiger partial charge >= 0.3 is 0 Å². The largest absolute Gasteiger partial charge is 0.380 e. The standard InChI is InChI=1S/C10H22N2O/c1-9(13-3)6-11-7-10-4-5-12(2)8-10/h9-11H,4-8H2,1-3H3. The molecule has 1 heterocycles. The van der Waals surface area contributed by atoms with E-state index in [4.69, 9.17) is 4.74 Å². The molecule has 0 saturated carbocycles. The number of nitrogens with zero attached hydrogens (tertiary/aromatic N) is 1. The normalized spacial score (nSPS) is 26.5. The van der Waals surface area contributed by atoms with E-state index in [0.717, 1.165) is 19.0 Å². The van der Waals surface area contributed by atoms with Crippen molar-refractivity contribution in [1.82, 2.24) is 10.2 Å². The molecule has 0 radical (unpaired) electrons. The first-order chi connectivity index (χ1) is 6.22. The van der Waals surface area contributed by atoms with Crippen LogP contribution in [0.2, 0.25) is 0 Å². The summed E-state index contributed by atoms with van der Waals surface area (Å²) in [6.07, 6.45) is 1.67. The van der Waals surface area contributed by atoms with Crippen molar-refractivity contribution in [1.29, 1.82) is 0 Å². The topological polar surface area (TPSA) is 24.5 Å². The van der Waals surface area contributed by atoms with Gasteiger partial charge in [-0.1, -0.05) is 0 Å². The van der Waals surface area contributed by atoms with Crippen molar-refractivity contribution < 1.29 is 4.74 Å². The summed E-state index contributed by atoms with van der Waals surface area (Å²) >= 11 is 0. The van der Waals surface area contributed by atoms with Crippen LogP contribution in [0.3, 0.4) is 0 Å². The number of likely N-dealkylation sites (tertiary alicyclic amines) is 1. The Bertz CT molecular complexity index is 141. The van der Waals surface area contributed by atoms with Gasteiger partial charge < -0.3 is 15.0 Å². The van der Waals surface area contributed by atoms with E-state index in [2.05, 4.69) is 24.2 Å². The fraction of sp³-hybridized carbons (Fsp3) is 1.00. The number of methoxy groups -OCH3 is 1. The summed E-state index contributed by atoms with van der Waals surface area (Å²) in [7, 11) is 3.95. The molecular weight excluding hydrogens is 164 g/mol. The summed E-state index contributed by atoms with van der Waals surface area (Å²) in [5, 5.41) is 3.45. The summed E-state index contributed by atoms with van der Waals surface area (Å²) in [5.41, 5.74) is 0. The second-order valence-electron chi connectivity index (χ2n) is 4.12. The van der Waals surface area contributed by atoms with Gasteiger partial charge in [-0.15, -0.1) is 0 Å². The molecule has 1 fully saturated rings. The van der Waals surface area contributed by atoms with Crippen molar-refractivity contribution in [2.24, 2.45) is 5.92 Å². The van der Waals surface area contributed by atoms with E-state index in [1.54, 1.807) is 7.11 Å². The number of hydrogen-bond donors (Lipinski definition) is 1. The molecule has 78 valence electrons. The molecule has 3 heteroatoms. The van der Waals surface area contributed by atoms with Crippen LogP contribution in [0, 0.1) is 5.92 Å². The van der Waals surface area contributed by atoms with Gasteiger partial charge in [-0.25, -0.2) is 0 Å². The number of hydrogen-bond acceptors (Lipinski definition) is 3. The molecule has 0 bridgehead atoms. The van der Waals surface area contributed by atoms with Crippen LogP contribution >= 0.6 is 0 Å². The molecule has 0 amide bonds. The zero-order valence-electron chi connectivity index (χ0n) is 9.05. The van der Waals surface area contributed by atoms with Gasteiger partial charge in [-0.05, 0) is 39.4 Å². The Morgan fingerprint density at radius 1 is 1.62 bits per heavy atom. The van der Waals surface area contributed by atoms with E-state index in [-0.39, 0.29) is 0 Å². The third-order valence-corrected chi connectivity index (χ3v) is 2.76. The molecule has 1 rings (SSSR count). The molecule has 0 spiro atoms. The Hall–Kier alpha value is -0.120. The smallest absolute Gasteiger partial charge is 0.0667 e. The highest BCUT2D eigenvalue weighted by atomic mass is 16.5. The van der Waals surface area contributed by atoms with Gasteiger partial charge in [-0.2, -0.15) is 0 Å². The second kappa shape index (κ2) is 5.58. The molecule has 0 aromatic carbocycles. The zero-order chi connectivity index (χ0) is 9.68. The molecule has 1 N–H and O–H groups in total. The second-order valence-corrected chi connectivity index (χ2v) is 4.12. The molecule has 0 aromatic heterocycles. The summed E-state index contributed by atoms with van der Waals surface area (Å²) in [6.45, 7) is 6.70. The molecular formula is C10H22N2O. The maximum absolute atomic E-state index is 5.16. The van der Waals surface area contributed by atoms with Crippen molar-refractivity contribution in [3.8, 4) is 0 Å². The highest BCUT2D eigenvalue weighted by molar-refractivity contribution is 4.74. The minimum atomic E-state index is 0.333. The van der Waals surface area contributed by atoms with Crippen molar-refractivity contribution in [3.63, 3.8) is 0 Å². The monoisotopic (exact) mass is 186 g/mol. The van der Waals surface area contributed by atoms with Crippen LogP contribution in [0.15, 0.2) is 0 Å². The quantitative estimate of drug-likeness (QED) is 0.679. The van der Waals surface area contributed by atoms with Gasteiger partial charge in [0, 0.05) is 20.2 Å². The molecule has 1 aliphatic heterocycles. The van der Waals surface area contributed by atoms with E-state index < -0.39 is 0 Å². The lowest BCUT2D eigenvalue weighted by Gasteiger charge is -2.14. The zero-order valence-corrected chi connectivity index (χ0v) is 9.05. The lowest BCUT2D eigenvalue weighted by atomic mass is 10.1. The van der Waals surface area contributed by atoms with Gasteiger partial charge in [0.1, 0.15) is 0 Å². The van der Waals surface area contributed by atoms with Crippen LogP contribution in [-0.4, -0.2) is 51.3 Å². The maximum Gasteiger partial charge on any atom is 0.0667 e. The Labute approximate surface area is 81.4 Å². The summed E-state index contributed by atoms with van der Waals surface area (Å²) < 4.78 is 5.16. The molecule has 1 aliphatic rings. The van der Waals surface area contributed by atoms with Crippen LogP contribution in [0.4, 0.5) is 0 Å². The van der Waals surface area contributed by atoms with E-state index in [9.17, 15) is 0 Å². The number of rotatable bonds is 5. The average Bonchev–Trinajstić information content (AvgIpc) is 2.51. The van der Waals surface area contributed by atoms with Gasteiger partial charge in [0.05, 0.1) is 6.10 Å². The van der Waals surface area contributed by atoms with Crippen LogP contribution in [-0.2, 0) is 4.74 Å². The van der Waals surface area contributed by atoms with Gasteiger partial charge in [0.25, 0.3) is 0 Å². The van der Waals surface area contributed by atoms with Crippen LogP contribution in [0.1, 0.15) is 13.3 Å². The predicted octanol–water partition coefficient (Wildman–Crippen LogP) is 0.563. The fourth-order valence-electron chi connectivity index (χ4n) is 1.77. The minimum Gasteiger partial charge on any atom is -0.380 e. The first-order valence-electron chi connectivity index (χ1n) is 5.14. The molecule has 2 atom stereocenters. The van der Waals surface area contributed by atoms with Crippen molar-refractivity contribution in [2.75, 3.05) is 40.3 Å². The van der Waals surface area contributed by atoms with Gasteiger partial charge in [0.2, 0.25) is 0 Å². The molecule has 3 nitrogen and oxygen atoms in total. The van der Waals surface area contributed by atoms with Crippen LogP contribution in [0.5, 0.6) is 0 Å². The van der Waals surface area contributed by atoms with Crippen LogP contribution in [0.25, 0.3) is 0 Å².